The van der Waals surface area contributed by atoms with Gasteiger partial charge in [0.05, 0.1) is 0 Å². The van der Waals surface area contributed by atoms with Gasteiger partial charge >= 0.3 is 0 Å². The molecule has 0 aromatic carbocycles. The van der Waals surface area contributed by atoms with Crippen molar-refractivity contribution in [3.63, 3.8) is 0 Å². The van der Waals surface area contributed by atoms with E-state index in [1.165, 1.54) is 0 Å². The molecule has 0 amide bonds. The van der Waals surface area contributed by atoms with Gasteiger partial charge in [-0.05, 0) is 14.1 Å². The van der Waals surface area contributed by atoms with Gasteiger partial charge in [0.25, 0.3) is 0 Å². The van der Waals surface area contributed by atoms with Crippen molar-refractivity contribution in [3.05, 3.63) is 0 Å². The number of rotatable bonds is 7. The molecule has 1 atom stereocenters. The maximum absolute atomic E-state index is 11.0. The predicted molar refractivity (Wildman–Crippen MR) is 55.0 cm³/mol. The third-order valence-electron chi connectivity index (χ3n) is 1.56. The molecule has 0 fully saturated rings. The Morgan fingerprint density at radius 2 is 2.00 bits per heavy atom. The molecule has 3 nitrogen and oxygen atoms in total. The molecule has 74 valence electrons. The van der Waals surface area contributed by atoms with Gasteiger partial charge in [-0.3, -0.25) is 4.21 Å². The SMILES string of the molecule is CCS(=O)CCNCCN(C)C. The van der Waals surface area contributed by atoms with Gasteiger partial charge in [-0.25, -0.2) is 0 Å². The molecule has 0 aliphatic carbocycles. The standard InChI is InChI=1S/C8H20N2OS/c1-4-12(11)8-6-9-5-7-10(2)3/h9H,4-8H2,1-3H3. The zero-order chi connectivity index (χ0) is 9.40. The summed E-state index contributed by atoms with van der Waals surface area (Å²) in [4.78, 5) is 2.13. The lowest BCUT2D eigenvalue weighted by Gasteiger charge is -2.09. The summed E-state index contributed by atoms with van der Waals surface area (Å²) in [5, 5.41) is 3.25. The molecule has 0 rings (SSSR count). The Morgan fingerprint density at radius 3 is 2.50 bits per heavy atom. The zero-order valence-corrected chi connectivity index (χ0v) is 9.12. The zero-order valence-electron chi connectivity index (χ0n) is 8.30. The van der Waals surface area contributed by atoms with Crippen molar-refractivity contribution < 1.29 is 4.21 Å². The molecule has 0 aromatic rings. The summed E-state index contributed by atoms with van der Waals surface area (Å²) in [6.45, 7) is 4.84. The second-order valence-electron chi connectivity index (χ2n) is 2.99. The molecule has 0 spiro atoms. The van der Waals surface area contributed by atoms with E-state index in [0.717, 1.165) is 31.1 Å². The van der Waals surface area contributed by atoms with Crippen molar-refractivity contribution in [1.29, 1.82) is 0 Å². The number of hydrogen-bond acceptors (Lipinski definition) is 3. The smallest absolute Gasteiger partial charge is 0.0359 e. The number of nitrogens with zero attached hydrogens (tertiary/aromatic N) is 1. The first kappa shape index (κ1) is 12.1. The Balaban J connectivity index is 3.05. The largest absolute Gasteiger partial charge is 0.315 e. The van der Waals surface area contributed by atoms with E-state index in [2.05, 4.69) is 10.2 Å². The van der Waals surface area contributed by atoms with E-state index in [9.17, 15) is 4.21 Å². The number of likely N-dealkylation sites (N-methyl/N-ethyl adjacent to an activating group) is 1. The molecule has 0 aromatic heterocycles. The van der Waals surface area contributed by atoms with Crippen molar-refractivity contribution in [1.82, 2.24) is 10.2 Å². The van der Waals surface area contributed by atoms with E-state index >= 15 is 0 Å². The Morgan fingerprint density at radius 1 is 1.33 bits per heavy atom. The van der Waals surface area contributed by atoms with Gasteiger partial charge in [0.1, 0.15) is 0 Å². The van der Waals surface area contributed by atoms with Crippen LogP contribution in [0.3, 0.4) is 0 Å². The molecule has 4 heteroatoms. The maximum atomic E-state index is 11.0. The van der Waals surface area contributed by atoms with Crippen LogP contribution in [0.15, 0.2) is 0 Å². The van der Waals surface area contributed by atoms with Crippen molar-refractivity contribution in [2.75, 3.05) is 45.2 Å². The van der Waals surface area contributed by atoms with Crippen molar-refractivity contribution in [2.45, 2.75) is 6.92 Å². The molecule has 0 bridgehead atoms. The Labute approximate surface area is 78.0 Å². The van der Waals surface area contributed by atoms with Crippen molar-refractivity contribution in [3.8, 4) is 0 Å². The highest BCUT2D eigenvalue weighted by Crippen LogP contribution is 1.78. The Hall–Kier alpha value is 0.0700. The molecule has 1 N–H and O–H groups in total. The first-order chi connectivity index (χ1) is 5.66. The molecule has 0 aliphatic rings. The minimum absolute atomic E-state index is 0.617. The van der Waals surface area contributed by atoms with Crippen LogP contribution < -0.4 is 5.32 Å². The van der Waals surface area contributed by atoms with Crippen LogP contribution >= 0.6 is 0 Å². The third-order valence-corrected chi connectivity index (χ3v) is 2.87. The van der Waals surface area contributed by atoms with Crippen LogP contribution in [0.2, 0.25) is 0 Å². The summed E-state index contributed by atoms with van der Waals surface area (Å²) in [5.74, 6) is 1.55. The van der Waals surface area contributed by atoms with Crippen LogP contribution in [-0.2, 0) is 10.8 Å². The van der Waals surface area contributed by atoms with Crippen LogP contribution in [-0.4, -0.2) is 54.3 Å². The fraction of sp³-hybridized carbons (Fsp3) is 1.00. The Kier molecular flexibility index (Phi) is 7.75. The summed E-state index contributed by atoms with van der Waals surface area (Å²) < 4.78 is 11.0. The second kappa shape index (κ2) is 7.71. The van der Waals surface area contributed by atoms with Gasteiger partial charge in [-0.1, -0.05) is 6.92 Å². The first-order valence-corrected chi connectivity index (χ1v) is 5.86. The van der Waals surface area contributed by atoms with Gasteiger partial charge < -0.3 is 10.2 Å². The number of hydrogen-bond donors (Lipinski definition) is 1. The van der Waals surface area contributed by atoms with Crippen LogP contribution in [0.4, 0.5) is 0 Å². The predicted octanol–water partition coefficient (Wildman–Crippen LogP) is -0.0938. The lowest BCUT2D eigenvalue weighted by Crippen LogP contribution is -2.29. The molecular weight excluding hydrogens is 172 g/mol. The summed E-state index contributed by atoms with van der Waals surface area (Å²) in [5.41, 5.74) is 0. The van der Waals surface area contributed by atoms with Crippen molar-refractivity contribution >= 4 is 10.8 Å². The quantitative estimate of drug-likeness (QED) is 0.572. The molecule has 12 heavy (non-hydrogen) atoms. The number of nitrogens with one attached hydrogen (secondary N) is 1. The molecule has 0 aliphatic heterocycles. The van der Waals surface area contributed by atoms with E-state index in [1.54, 1.807) is 0 Å². The topological polar surface area (TPSA) is 32.3 Å². The second-order valence-corrected chi connectivity index (χ2v) is 4.85. The van der Waals surface area contributed by atoms with Gasteiger partial charge in [0.2, 0.25) is 0 Å². The highest BCUT2D eigenvalue weighted by Gasteiger charge is 1.94. The van der Waals surface area contributed by atoms with Crippen LogP contribution in [0.25, 0.3) is 0 Å². The molecule has 1 unspecified atom stereocenters. The normalized spacial score (nSPS) is 13.7. The maximum Gasteiger partial charge on any atom is 0.0359 e. The third kappa shape index (κ3) is 8.17. The van der Waals surface area contributed by atoms with E-state index in [0.29, 0.717) is 0 Å². The molecule has 0 heterocycles. The van der Waals surface area contributed by atoms with Gasteiger partial charge in [-0.2, -0.15) is 0 Å². The van der Waals surface area contributed by atoms with Gasteiger partial charge in [-0.15, -0.1) is 0 Å². The van der Waals surface area contributed by atoms with Gasteiger partial charge in [0, 0.05) is 41.9 Å². The van der Waals surface area contributed by atoms with E-state index in [1.807, 2.05) is 21.0 Å². The molecule has 0 saturated heterocycles. The van der Waals surface area contributed by atoms with Gasteiger partial charge in [0.15, 0.2) is 0 Å². The van der Waals surface area contributed by atoms with Crippen LogP contribution in [0, 0.1) is 0 Å². The molecular formula is C8H20N2OS. The molecule has 0 radical (unpaired) electrons. The minimum atomic E-state index is -0.617. The Bertz CT molecular complexity index is 128. The van der Waals surface area contributed by atoms with E-state index < -0.39 is 10.8 Å². The molecule has 0 saturated carbocycles. The minimum Gasteiger partial charge on any atom is -0.315 e. The highest BCUT2D eigenvalue weighted by molar-refractivity contribution is 7.84. The average molecular weight is 192 g/mol. The average Bonchev–Trinajstić information content (AvgIpc) is 2.03. The monoisotopic (exact) mass is 192 g/mol. The first-order valence-electron chi connectivity index (χ1n) is 4.37. The van der Waals surface area contributed by atoms with Crippen LogP contribution in [0.1, 0.15) is 6.92 Å². The summed E-state index contributed by atoms with van der Waals surface area (Å²) >= 11 is 0. The highest BCUT2D eigenvalue weighted by atomic mass is 32.2. The van der Waals surface area contributed by atoms with E-state index in [-0.39, 0.29) is 0 Å². The van der Waals surface area contributed by atoms with Crippen LogP contribution in [0.5, 0.6) is 0 Å². The summed E-state index contributed by atoms with van der Waals surface area (Å²) in [7, 11) is 3.48. The fourth-order valence-electron chi connectivity index (χ4n) is 0.758. The summed E-state index contributed by atoms with van der Waals surface area (Å²) in [6, 6.07) is 0. The van der Waals surface area contributed by atoms with E-state index in [4.69, 9.17) is 0 Å². The summed E-state index contributed by atoms with van der Waals surface area (Å²) in [6.07, 6.45) is 0. The van der Waals surface area contributed by atoms with Crippen molar-refractivity contribution in [2.24, 2.45) is 0 Å². The lowest BCUT2D eigenvalue weighted by molar-refractivity contribution is 0.403. The fourth-order valence-corrected chi connectivity index (χ4v) is 1.42. The lowest BCUT2D eigenvalue weighted by atomic mass is 10.5.